The van der Waals surface area contributed by atoms with Crippen molar-refractivity contribution in [1.82, 2.24) is 4.31 Å². The summed E-state index contributed by atoms with van der Waals surface area (Å²) in [5.74, 6) is -1.25. The molecule has 0 saturated heterocycles. The first-order valence-corrected chi connectivity index (χ1v) is 10.8. The normalized spacial score (nSPS) is 11.3. The second-order valence-corrected chi connectivity index (χ2v) is 8.87. The van der Waals surface area contributed by atoms with Gasteiger partial charge in [0.05, 0.1) is 11.2 Å². The lowest BCUT2D eigenvalue weighted by molar-refractivity contribution is -0.119. The van der Waals surface area contributed by atoms with Gasteiger partial charge in [0.1, 0.15) is 0 Å². The van der Waals surface area contributed by atoms with E-state index in [-0.39, 0.29) is 17.2 Å². The van der Waals surface area contributed by atoms with Crippen LogP contribution < -0.4 is 5.32 Å². The number of benzene rings is 2. The summed E-state index contributed by atoms with van der Waals surface area (Å²) in [6, 6.07) is 16.6. The number of sulfonamides is 1. The molecule has 0 aliphatic carbocycles. The number of carbonyl (C=O) groups is 2. The molecule has 2 aromatic carbocycles. The number of anilines is 1. The molecule has 1 N–H and O–H groups in total. The van der Waals surface area contributed by atoms with Crippen molar-refractivity contribution in [3.8, 4) is 0 Å². The topological polar surface area (TPSA) is 106 Å². The third kappa shape index (κ3) is 5.59. The molecule has 8 nitrogen and oxygen atoms in total. The average molecular weight is 442 g/mol. The zero-order valence-electron chi connectivity index (χ0n) is 17.1. The number of rotatable bonds is 8. The van der Waals surface area contributed by atoms with E-state index in [1.165, 1.54) is 41.9 Å². The Bertz CT molecular complexity index is 1150. The number of nitrogens with one attached hydrogen (secondary N) is 1. The lowest BCUT2D eigenvalue weighted by atomic mass is 10.2. The summed E-state index contributed by atoms with van der Waals surface area (Å²) in [6.07, 6.45) is 1.36. The highest BCUT2D eigenvalue weighted by atomic mass is 32.2. The minimum absolute atomic E-state index is 0.0435. The summed E-state index contributed by atoms with van der Waals surface area (Å²) in [5.41, 5.74) is 1.86. The number of nitrogens with zero attached hydrogens (tertiary/aromatic N) is 1. The Balaban J connectivity index is 1.57. The van der Waals surface area contributed by atoms with Crippen molar-refractivity contribution in [2.45, 2.75) is 18.4 Å². The molecule has 3 rings (SSSR count). The molecular weight excluding hydrogens is 420 g/mol. The first-order chi connectivity index (χ1) is 14.8. The van der Waals surface area contributed by atoms with Crippen molar-refractivity contribution in [2.75, 3.05) is 19.0 Å². The quantitative estimate of drug-likeness (QED) is 0.537. The Labute approximate surface area is 180 Å². The van der Waals surface area contributed by atoms with Gasteiger partial charge in [-0.05, 0) is 42.8 Å². The molecule has 1 heterocycles. The van der Waals surface area contributed by atoms with Crippen molar-refractivity contribution in [1.29, 1.82) is 0 Å². The minimum Gasteiger partial charge on any atom is -0.457 e. The third-order valence-electron chi connectivity index (χ3n) is 4.48. The Morgan fingerprint density at radius 2 is 1.71 bits per heavy atom. The highest BCUT2D eigenvalue weighted by molar-refractivity contribution is 7.89. The molecule has 0 aliphatic rings. The number of hydrogen-bond donors (Lipinski definition) is 1. The second kappa shape index (κ2) is 9.59. The number of ether oxygens (including phenoxy) is 1. The van der Waals surface area contributed by atoms with Gasteiger partial charge in [-0.3, -0.25) is 4.79 Å². The van der Waals surface area contributed by atoms with E-state index in [4.69, 9.17) is 9.15 Å². The van der Waals surface area contributed by atoms with E-state index >= 15 is 0 Å². The van der Waals surface area contributed by atoms with Gasteiger partial charge in [-0.2, -0.15) is 4.31 Å². The zero-order valence-corrected chi connectivity index (χ0v) is 17.9. The fourth-order valence-electron chi connectivity index (χ4n) is 2.79. The van der Waals surface area contributed by atoms with E-state index in [2.05, 4.69) is 5.32 Å². The molecule has 3 aromatic rings. The van der Waals surface area contributed by atoms with Gasteiger partial charge in [-0.1, -0.05) is 30.3 Å². The molecule has 0 fully saturated rings. The van der Waals surface area contributed by atoms with Crippen molar-refractivity contribution in [3.63, 3.8) is 0 Å². The number of aryl methyl sites for hydroxylation is 1. The average Bonchev–Trinajstić information content (AvgIpc) is 3.19. The highest BCUT2D eigenvalue weighted by Crippen LogP contribution is 2.19. The van der Waals surface area contributed by atoms with Crippen molar-refractivity contribution >= 4 is 27.6 Å². The zero-order chi connectivity index (χ0) is 22.4. The molecule has 0 radical (unpaired) electrons. The number of amides is 1. The maximum absolute atomic E-state index is 12.8. The van der Waals surface area contributed by atoms with Crippen LogP contribution in [0.5, 0.6) is 0 Å². The summed E-state index contributed by atoms with van der Waals surface area (Å²) in [6.45, 7) is 1.42. The maximum atomic E-state index is 12.8. The van der Waals surface area contributed by atoms with Gasteiger partial charge in [0.25, 0.3) is 5.91 Å². The first-order valence-electron chi connectivity index (χ1n) is 9.39. The highest BCUT2D eigenvalue weighted by Gasteiger charge is 2.21. The van der Waals surface area contributed by atoms with Crippen LogP contribution in [0, 0.1) is 6.92 Å². The van der Waals surface area contributed by atoms with Crippen LogP contribution in [0.3, 0.4) is 0 Å². The van der Waals surface area contributed by atoms with Gasteiger partial charge in [0.2, 0.25) is 15.8 Å². The number of esters is 1. The predicted molar refractivity (Wildman–Crippen MR) is 114 cm³/mol. The monoisotopic (exact) mass is 442 g/mol. The fraction of sp³-hybridized carbons (Fsp3) is 0.182. The molecule has 0 atom stereocenters. The van der Waals surface area contributed by atoms with Gasteiger partial charge in [0.15, 0.2) is 6.61 Å². The fourth-order valence-corrected chi connectivity index (χ4v) is 3.95. The smallest absolute Gasteiger partial charge is 0.375 e. The van der Waals surface area contributed by atoms with Gasteiger partial charge >= 0.3 is 5.97 Å². The van der Waals surface area contributed by atoms with E-state index < -0.39 is 28.5 Å². The molecule has 31 heavy (non-hydrogen) atoms. The molecule has 0 bridgehead atoms. The lowest BCUT2D eigenvalue weighted by Crippen LogP contribution is -2.26. The van der Waals surface area contributed by atoms with Crippen LogP contribution in [0.4, 0.5) is 5.69 Å². The van der Waals surface area contributed by atoms with Gasteiger partial charge in [0, 0.05) is 24.8 Å². The van der Waals surface area contributed by atoms with Crippen molar-refractivity contribution in [3.05, 3.63) is 83.8 Å². The first kappa shape index (κ1) is 22.3. The van der Waals surface area contributed by atoms with Crippen LogP contribution in [0.25, 0.3) is 0 Å². The molecule has 1 aromatic heterocycles. The van der Waals surface area contributed by atoms with Gasteiger partial charge in [-0.25, -0.2) is 13.2 Å². The Morgan fingerprint density at radius 3 is 2.32 bits per heavy atom. The predicted octanol–water partition coefficient (Wildman–Crippen LogP) is 3.20. The molecule has 1 amide bonds. The van der Waals surface area contributed by atoms with Crippen LogP contribution in [-0.4, -0.2) is 38.3 Å². The molecule has 0 aliphatic heterocycles. The van der Waals surface area contributed by atoms with Crippen molar-refractivity contribution in [2.24, 2.45) is 0 Å². The Kier molecular flexibility index (Phi) is 6.88. The molecule has 9 heteroatoms. The Morgan fingerprint density at radius 1 is 1.03 bits per heavy atom. The van der Waals surface area contributed by atoms with Crippen LogP contribution >= 0.6 is 0 Å². The van der Waals surface area contributed by atoms with Gasteiger partial charge < -0.3 is 14.5 Å². The van der Waals surface area contributed by atoms with Crippen LogP contribution in [0.15, 0.2) is 76.2 Å². The standard InChI is InChI=1S/C22H22N2O6S/c1-16-12-13-29-21(16)22(26)30-15-20(25)23-18-8-10-19(11-9-18)31(27,28)24(2)14-17-6-4-3-5-7-17/h3-13H,14-15H2,1-2H3,(H,23,25). The molecule has 0 spiro atoms. The lowest BCUT2D eigenvalue weighted by Gasteiger charge is -2.17. The van der Waals surface area contributed by atoms with E-state index in [0.717, 1.165) is 5.56 Å². The van der Waals surface area contributed by atoms with E-state index in [1.807, 2.05) is 30.3 Å². The Hall–Kier alpha value is -3.43. The number of hydrogen-bond acceptors (Lipinski definition) is 6. The summed E-state index contributed by atoms with van der Waals surface area (Å²) in [5, 5.41) is 2.55. The second-order valence-electron chi connectivity index (χ2n) is 6.83. The van der Waals surface area contributed by atoms with E-state index in [9.17, 15) is 18.0 Å². The molecule has 0 saturated carbocycles. The summed E-state index contributed by atoms with van der Waals surface area (Å²) in [4.78, 5) is 24.0. The summed E-state index contributed by atoms with van der Waals surface area (Å²) in [7, 11) is -2.19. The molecular formula is C22H22N2O6S. The van der Waals surface area contributed by atoms with Crippen LogP contribution in [-0.2, 0) is 26.1 Å². The van der Waals surface area contributed by atoms with E-state index in [0.29, 0.717) is 11.3 Å². The SMILES string of the molecule is Cc1ccoc1C(=O)OCC(=O)Nc1ccc(S(=O)(=O)N(C)Cc2ccccc2)cc1. The molecule has 0 unspecified atom stereocenters. The van der Waals surface area contributed by atoms with Crippen LogP contribution in [0.1, 0.15) is 21.7 Å². The van der Waals surface area contributed by atoms with E-state index in [1.54, 1.807) is 13.0 Å². The summed E-state index contributed by atoms with van der Waals surface area (Å²) >= 11 is 0. The largest absolute Gasteiger partial charge is 0.457 e. The number of carbonyl (C=O) groups excluding carboxylic acids is 2. The van der Waals surface area contributed by atoms with Crippen LogP contribution in [0.2, 0.25) is 0 Å². The maximum Gasteiger partial charge on any atom is 0.375 e. The van der Waals surface area contributed by atoms with Gasteiger partial charge in [-0.15, -0.1) is 0 Å². The third-order valence-corrected chi connectivity index (χ3v) is 6.29. The summed E-state index contributed by atoms with van der Waals surface area (Å²) < 4.78 is 36.7. The minimum atomic E-state index is -3.69. The number of furan rings is 1. The molecule has 162 valence electrons. The van der Waals surface area contributed by atoms with Crippen molar-refractivity contribution < 1.29 is 27.2 Å².